The van der Waals surface area contributed by atoms with E-state index in [-0.39, 0.29) is 6.54 Å². The van der Waals surface area contributed by atoms with Crippen molar-refractivity contribution in [3.63, 3.8) is 0 Å². The Hall–Kier alpha value is -1.59. The molecule has 0 atom stereocenters. The summed E-state index contributed by atoms with van der Waals surface area (Å²) in [6.45, 7) is 0.805. The van der Waals surface area contributed by atoms with Crippen molar-refractivity contribution in [1.29, 1.82) is 0 Å². The molecule has 0 aliphatic carbocycles. The van der Waals surface area contributed by atoms with Crippen LogP contribution >= 0.6 is 0 Å². The molecular formula is C7H10FN3O2. The van der Waals surface area contributed by atoms with E-state index in [1.54, 1.807) is 6.92 Å². The Labute approximate surface area is 73.2 Å². The third-order valence-corrected chi connectivity index (χ3v) is 1.74. The summed E-state index contributed by atoms with van der Waals surface area (Å²) < 4.78 is 13.6. The first kappa shape index (κ1) is 9.50. The van der Waals surface area contributed by atoms with Gasteiger partial charge in [-0.3, -0.25) is 9.36 Å². The Kier molecular flexibility index (Phi) is 2.50. The third kappa shape index (κ3) is 1.61. The summed E-state index contributed by atoms with van der Waals surface area (Å²) in [5.74, 6) is 5.13. The minimum absolute atomic E-state index is 0.0812. The van der Waals surface area contributed by atoms with Crippen LogP contribution in [0.1, 0.15) is 5.69 Å². The monoisotopic (exact) mass is 187 g/mol. The number of aromatic nitrogens is 2. The van der Waals surface area contributed by atoms with Gasteiger partial charge in [-0.2, -0.15) is 4.68 Å². The molecule has 6 heteroatoms. The summed E-state index contributed by atoms with van der Waals surface area (Å²) in [4.78, 5) is 22.2. The first-order chi connectivity index (χ1) is 6.07. The van der Waals surface area contributed by atoms with Crippen LogP contribution in [-0.4, -0.2) is 15.9 Å². The van der Waals surface area contributed by atoms with E-state index in [9.17, 15) is 14.0 Å². The van der Waals surface area contributed by atoms with Gasteiger partial charge < -0.3 is 5.84 Å². The minimum Gasteiger partial charge on any atom is -0.332 e. The van der Waals surface area contributed by atoms with Gasteiger partial charge in [0.15, 0.2) is 0 Å². The first-order valence-corrected chi connectivity index (χ1v) is 3.72. The summed E-state index contributed by atoms with van der Waals surface area (Å²) in [5.41, 5.74) is -0.866. The molecule has 0 aromatic carbocycles. The molecule has 0 spiro atoms. The Balaban J connectivity index is 3.44. The normalized spacial score (nSPS) is 10.3. The second kappa shape index (κ2) is 3.42. The van der Waals surface area contributed by atoms with Crippen LogP contribution in [0.5, 0.6) is 0 Å². The zero-order chi connectivity index (χ0) is 10.0. The van der Waals surface area contributed by atoms with Gasteiger partial charge in [0.2, 0.25) is 0 Å². The van der Waals surface area contributed by atoms with E-state index in [4.69, 9.17) is 5.84 Å². The molecule has 0 saturated carbocycles. The highest BCUT2D eigenvalue weighted by atomic mass is 19.1. The molecule has 72 valence electrons. The lowest BCUT2D eigenvalue weighted by Crippen LogP contribution is -2.45. The van der Waals surface area contributed by atoms with E-state index in [0.717, 1.165) is 4.57 Å². The molecule has 13 heavy (non-hydrogen) atoms. The van der Waals surface area contributed by atoms with Crippen LogP contribution in [0.3, 0.4) is 0 Å². The maximum atomic E-state index is 12.0. The zero-order valence-electron chi connectivity index (χ0n) is 7.16. The molecule has 1 aromatic heterocycles. The lowest BCUT2D eigenvalue weighted by molar-refractivity contribution is 0.428. The van der Waals surface area contributed by atoms with Gasteiger partial charge >= 0.3 is 5.69 Å². The lowest BCUT2D eigenvalue weighted by Gasteiger charge is -2.07. The van der Waals surface area contributed by atoms with Crippen LogP contribution in [-0.2, 0) is 6.54 Å². The number of alkyl halides is 1. The molecule has 0 aliphatic heterocycles. The number of aryl methyl sites for hydroxylation is 1. The number of hydrogen-bond acceptors (Lipinski definition) is 3. The van der Waals surface area contributed by atoms with Crippen LogP contribution in [0.15, 0.2) is 15.7 Å². The predicted octanol–water partition coefficient (Wildman–Crippen LogP) is -0.998. The molecule has 0 amide bonds. The summed E-state index contributed by atoms with van der Waals surface area (Å²) >= 11 is 0. The summed E-state index contributed by atoms with van der Waals surface area (Å²) in [6.07, 6.45) is 0. The van der Waals surface area contributed by atoms with E-state index in [1.165, 1.54) is 6.07 Å². The number of nitrogen functional groups attached to an aromatic ring is 1. The fourth-order valence-corrected chi connectivity index (χ4v) is 1.06. The largest absolute Gasteiger partial charge is 0.350 e. The predicted molar refractivity (Wildman–Crippen MR) is 45.8 cm³/mol. The quantitative estimate of drug-likeness (QED) is 0.604. The summed E-state index contributed by atoms with van der Waals surface area (Å²) in [5, 5.41) is 0. The minimum atomic E-state index is -0.692. The van der Waals surface area contributed by atoms with Crippen molar-refractivity contribution in [3.05, 3.63) is 32.6 Å². The Bertz CT molecular complexity index is 421. The highest BCUT2D eigenvalue weighted by Crippen LogP contribution is 1.88. The number of rotatable bonds is 2. The smallest absolute Gasteiger partial charge is 0.332 e. The van der Waals surface area contributed by atoms with Crippen LogP contribution < -0.4 is 17.1 Å². The highest BCUT2D eigenvalue weighted by Gasteiger charge is 2.05. The van der Waals surface area contributed by atoms with Crippen LogP contribution in [0.2, 0.25) is 0 Å². The van der Waals surface area contributed by atoms with Crippen molar-refractivity contribution in [3.8, 4) is 0 Å². The summed E-state index contributed by atoms with van der Waals surface area (Å²) in [7, 11) is 0. The van der Waals surface area contributed by atoms with Crippen LogP contribution in [0.4, 0.5) is 4.39 Å². The van der Waals surface area contributed by atoms with E-state index in [2.05, 4.69) is 0 Å². The molecule has 0 fully saturated rings. The van der Waals surface area contributed by atoms with Gasteiger partial charge in [-0.15, -0.1) is 0 Å². The number of hydrogen-bond donors (Lipinski definition) is 1. The van der Waals surface area contributed by atoms with Crippen molar-refractivity contribution in [2.75, 3.05) is 12.5 Å². The van der Waals surface area contributed by atoms with E-state index >= 15 is 0 Å². The van der Waals surface area contributed by atoms with Crippen molar-refractivity contribution < 1.29 is 4.39 Å². The molecule has 0 bridgehead atoms. The second-order valence-corrected chi connectivity index (χ2v) is 2.62. The van der Waals surface area contributed by atoms with Gasteiger partial charge in [-0.05, 0) is 6.92 Å². The van der Waals surface area contributed by atoms with Gasteiger partial charge in [0.05, 0.1) is 6.54 Å². The third-order valence-electron chi connectivity index (χ3n) is 1.74. The van der Waals surface area contributed by atoms with Gasteiger partial charge in [-0.25, -0.2) is 9.18 Å². The van der Waals surface area contributed by atoms with Crippen molar-refractivity contribution in [1.82, 2.24) is 9.24 Å². The van der Waals surface area contributed by atoms with Gasteiger partial charge in [0, 0.05) is 11.8 Å². The zero-order valence-corrected chi connectivity index (χ0v) is 7.16. The summed E-state index contributed by atoms with van der Waals surface area (Å²) in [6, 6.07) is 1.19. The second-order valence-electron chi connectivity index (χ2n) is 2.62. The average Bonchev–Trinajstić information content (AvgIpc) is 2.09. The Morgan fingerprint density at radius 2 is 2.15 bits per heavy atom. The van der Waals surface area contributed by atoms with Crippen molar-refractivity contribution >= 4 is 0 Å². The number of halogens is 1. The molecule has 2 N–H and O–H groups in total. The standard InChI is InChI=1S/C7H10FN3O2/c1-5-4-6(12)11(9)7(13)10(5)3-2-8/h4H,2-3,9H2,1H3. The van der Waals surface area contributed by atoms with E-state index in [1.807, 2.05) is 0 Å². The van der Waals surface area contributed by atoms with Gasteiger partial charge in [-0.1, -0.05) is 0 Å². The van der Waals surface area contributed by atoms with Crippen LogP contribution in [0, 0.1) is 6.92 Å². The Morgan fingerprint density at radius 3 is 2.69 bits per heavy atom. The molecule has 0 unspecified atom stereocenters. The molecule has 0 radical (unpaired) electrons. The van der Waals surface area contributed by atoms with Crippen molar-refractivity contribution in [2.45, 2.75) is 13.5 Å². The number of nitrogens with two attached hydrogens (primary N) is 1. The average molecular weight is 187 g/mol. The van der Waals surface area contributed by atoms with Gasteiger partial charge in [0.25, 0.3) is 5.56 Å². The van der Waals surface area contributed by atoms with Gasteiger partial charge in [0.1, 0.15) is 6.67 Å². The molecule has 1 rings (SSSR count). The molecular weight excluding hydrogens is 177 g/mol. The van der Waals surface area contributed by atoms with Crippen LogP contribution in [0.25, 0.3) is 0 Å². The molecule has 5 nitrogen and oxygen atoms in total. The van der Waals surface area contributed by atoms with Crippen molar-refractivity contribution in [2.24, 2.45) is 0 Å². The maximum Gasteiger partial charge on any atom is 0.350 e. The topological polar surface area (TPSA) is 70.0 Å². The number of nitrogens with zero attached hydrogens (tertiary/aromatic N) is 2. The lowest BCUT2D eigenvalue weighted by atomic mass is 10.4. The van der Waals surface area contributed by atoms with E-state index in [0.29, 0.717) is 10.4 Å². The molecule has 0 aliphatic rings. The molecule has 1 heterocycles. The van der Waals surface area contributed by atoms with E-state index < -0.39 is 17.9 Å². The Morgan fingerprint density at radius 1 is 1.54 bits per heavy atom. The SMILES string of the molecule is Cc1cc(=O)n(N)c(=O)n1CCF. The molecule has 0 saturated heterocycles. The fourth-order valence-electron chi connectivity index (χ4n) is 1.06. The highest BCUT2D eigenvalue weighted by molar-refractivity contribution is 4.99. The first-order valence-electron chi connectivity index (χ1n) is 3.72. The fraction of sp³-hybridized carbons (Fsp3) is 0.429. The maximum absolute atomic E-state index is 12.0. The molecule has 1 aromatic rings.